The molecule has 4 rings (SSSR count). The van der Waals surface area contributed by atoms with Gasteiger partial charge >= 0.3 is 6.09 Å². The van der Waals surface area contributed by atoms with Crippen molar-refractivity contribution in [3.63, 3.8) is 0 Å². The molecule has 3 heterocycles. The van der Waals surface area contributed by atoms with Crippen molar-refractivity contribution >= 4 is 33.2 Å². The van der Waals surface area contributed by atoms with E-state index in [2.05, 4.69) is 19.8 Å². The molecule has 0 unspecified atom stereocenters. The molecule has 1 aromatic carbocycles. The number of hydrogen-bond donors (Lipinski definition) is 1. The van der Waals surface area contributed by atoms with E-state index in [-0.39, 0.29) is 36.3 Å². The topological polar surface area (TPSA) is 127 Å². The van der Waals surface area contributed by atoms with Crippen molar-refractivity contribution in [2.75, 3.05) is 29.6 Å². The van der Waals surface area contributed by atoms with Crippen LogP contribution in [0, 0.1) is 20.8 Å². The van der Waals surface area contributed by atoms with Crippen LogP contribution in [0.4, 0.5) is 25.1 Å². The van der Waals surface area contributed by atoms with Crippen LogP contribution in [0.1, 0.15) is 67.4 Å². The zero-order valence-corrected chi connectivity index (χ0v) is 26.2. The molecule has 0 saturated carbocycles. The van der Waals surface area contributed by atoms with Crippen molar-refractivity contribution in [2.24, 2.45) is 4.36 Å². The molecule has 1 atom stereocenters. The lowest BCUT2D eigenvalue weighted by molar-refractivity contribution is -0.0102. The predicted octanol–water partition coefficient (Wildman–Crippen LogP) is 6.93. The molecule has 1 saturated heterocycles. The van der Waals surface area contributed by atoms with E-state index >= 15 is 0 Å². The normalized spacial score (nSPS) is 16.6. The Kier molecular flexibility index (Phi) is 8.96. The maximum atomic E-state index is 14.2. The first kappa shape index (κ1) is 32.1. The first-order valence-corrected chi connectivity index (χ1v) is 15.8. The number of aryl methyl sites for hydroxylation is 2. The van der Waals surface area contributed by atoms with Gasteiger partial charge in [0.15, 0.2) is 0 Å². The largest absolute Gasteiger partial charge is 0.442 e. The molecule has 0 radical (unpaired) electrons. The van der Waals surface area contributed by atoms with Gasteiger partial charge < -0.3 is 19.5 Å². The second-order valence-electron chi connectivity index (χ2n) is 11.7. The molecule has 232 valence electrons. The van der Waals surface area contributed by atoms with Crippen LogP contribution >= 0.6 is 0 Å². The van der Waals surface area contributed by atoms with E-state index in [9.17, 15) is 22.6 Å². The maximum Gasteiger partial charge on any atom is 0.442 e. The SMILES string of the molecule is Cc1noc(C)c1-c1cnc(N2CCCC(F)(F)CC2)c(C(=O)Nc2cccc([S@@](C)(=O)=NC(=O)OC(C)(C)C)c2)c1C. The van der Waals surface area contributed by atoms with Gasteiger partial charge in [0.25, 0.3) is 5.91 Å². The van der Waals surface area contributed by atoms with Gasteiger partial charge in [0.2, 0.25) is 5.92 Å². The van der Waals surface area contributed by atoms with E-state index in [1.54, 1.807) is 70.8 Å². The Labute approximate surface area is 250 Å². The summed E-state index contributed by atoms with van der Waals surface area (Å²) < 4.78 is 56.1. The average Bonchev–Trinajstić information content (AvgIpc) is 3.10. The molecule has 1 fully saturated rings. The lowest BCUT2D eigenvalue weighted by Crippen LogP contribution is -2.30. The minimum atomic E-state index is -3.21. The fourth-order valence-electron chi connectivity index (χ4n) is 4.97. The molecule has 1 aliphatic heterocycles. The van der Waals surface area contributed by atoms with Gasteiger partial charge in [-0.3, -0.25) is 4.79 Å². The van der Waals surface area contributed by atoms with Crippen molar-refractivity contribution in [1.29, 1.82) is 0 Å². The van der Waals surface area contributed by atoms with Gasteiger partial charge in [-0.25, -0.2) is 22.8 Å². The van der Waals surface area contributed by atoms with E-state index in [0.29, 0.717) is 46.2 Å². The first-order valence-electron chi connectivity index (χ1n) is 13.9. The van der Waals surface area contributed by atoms with Crippen LogP contribution in [0.15, 0.2) is 44.2 Å². The summed E-state index contributed by atoms with van der Waals surface area (Å²) in [6.07, 6.45) is 1.62. The Morgan fingerprint density at radius 1 is 1.16 bits per heavy atom. The highest BCUT2D eigenvalue weighted by Crippen LogP contribution is 2.36. The van der Waals surface area contributed by atoms with Crippen molar-refractivity contribution < 1.29 is 31.8 Å². The minimum absolute atomic E-state index is 0.0317. The molecule has 0 bridgehead atoms. The molecule has 1 aliphatic rings. The second-order valence-corrected chi connectivity index (χ2v) is 14.0. The number of nitrogens with zero attached hydrogens (tertiary/aromatic N) is 4. The second kappa shape index (κ2) is 12.0. The summed E-state index contributed by atoms with van der Waals surface area (Å²) in [5.41, 5.74) is 2.22. The van der Waals surface area contributed by atoms with E-state index < -0.39 is 33.3 Å². The Hall–Kier alpha value is -3.87. The molecule has 10 nitrogen and oxygen atoms in total. The number of nitrogens with one attached hydrogen (secondary N) is 1. The number of halogens is 2. The van der Waals surface area contributed by atoms with Crippen LogP contribution < -0.4 is 10.2 Å². The minimum Gasteiger partial charge on any atom is -0.442 e. The molecule has 0 aliphatic carbocycles. The number of pyridine rings is 1. The highest BCUT2D eigenvalue weighted by atomic mass is 32.2. The molecule has 1 N–H and O–H groups in total. The molecule has 3 aromatic rings. The predicted molar refractivity (Wildman–Crippen MR) is 160 cm³/mol. The summed E-state index contributed by atoms with van der Waals surface area (Å²) >= 11 is 0. The smallest absolute Gasteiger partial charge is 0.442 e. The monoisotopic (exact) mass is 617 g/mol. The number of carbonyl (C=O) groups excluding carboxylic acids is 2. The van der Waals surface area contributed by atoms with Crippen LogP contribution in [0.2, 0.25) is 0 Å². The van der Waals surface area contributed by atoms with E-state index in [1.807, 2.05) is 0 Å². The van der Waals surface area contributed by atoms with Gasteiger partial charge in [-0.2, -0.15) is 0 Å². The van der Waals surface area contributed by atoms with Gasteiger partial charge in [0, 0.05) is 60.1 Å². The fourth-order valence-corrected chi connectivity index (χ4v) is 6.08. The molecule has 43 heavy (non-hydrogen) atoms. The molecule has 0 spiro atoms. The molecule has 2 aromatic heterocycles. The summed E-state index contributed by atoms with van der Waals surface area (Å²) in [5.74, 6) is -2.48. The lowest BCUT2D eigenvalue weighted by Gasteiger charge is -2.26. The van der Waals surface area contributed by atoms with Gasteiger partial charge in [-0.05, 0) is 71.7 Å². The molecular weight excluding hydrogens is 580 g/mol. The van der Waals surface area contributed by atoms with Crippen molar-refractivity contribution in [1.82, 2.24) is 10.1 Å². The Balaban J connectivity index is 1.74. The average molecular weight is 618 g/mol. The summed E-state index contributed by atoms with van der Waals surface area (Å²) in [6, 6.07) is 6.21. The zero-order chi connectivity index (χ0) is 31.7. The Morgan fingerprint density at radius 2 is 1.88 bits per heavy atom. The third-order valence-electron chi connectivity index (χ3n) is 7.04. The maximum absolute atomic E-state index is 14.2. The van der Waals surface area contributed by atoms with Crippen molar-refractivity contribution in [2.45, 2.75) is 77.2 Å². The first-order chi connectivity index (χ1) is 20.0. The van der Waals surface area contributed by atoms with Gasteiger partial charge in [-0.15, -0.1) is 4.36 Å². The Bertz CT molecular complexity index is 1650. The number of benzene rings is 1. The van der Waals surface area contributed by atoms with Gasteiger partial charge in [0.1, 0.15) is 17.2 Å². The van der Waals surface area contributed by atoms with E-state index in [1.165, 1.54) is 12.3 Å². The van der Waals surface area contributed by atoms with Crippen LogP contribution in [0.5, 0.6) is 0 Å². The lowest BCUT2D eigenvalue weighted by atomic mass is 9.96. The van der Waals surface area contributed by atoms with Gasteiger partial charge in [-0.1, -0.05) is 11.2 Å². The van der Waals surface area contributed by atoms with Crippen LogP contribution in [0.3, 0.4) is 0 Å². The van der Waals surface area contributed by atoms with Crippen molar-refractivity contribution in [3.8, 4) is 11.1 Å². The number of amides is 2. The highest BCUT2D eigenvalue weighted by Gasteiger charge is 2.34. The number of hydrogen-bond acceptors (Lipinski definition) is 8. The quantitative estimate of drug-likeness (QED) is 0.327. The van der Waals surface area contributed by atoms with Crippen LogP contribution in [-0.4, -0.2) is 57.2 Å². The summed E-state index contributed by atoms with van der Waals surface area (Å²) in [5, 5.41) is 6.86. The van der Waals surface area contributed by atoms with Crippen LogP contribution in [-0.2, 0) is 14.5 Å². The Morgan fingerprint density at radius 3 is 2.53 bits per heavy atom. The van der Waals surface area contributed by atoms with Gasteiger partial charge in [0.05, 0.1) is 21.0 Å². The number of alkyl halides is 2. The standard InChI is InChI=1S/C30H37F2N5O5S/c1-18-23(25-19(2)35-42-20(25)3)17-33-26(37-14-9-12-30(31,32)13-15-37)24(18)27(38)34-21-10-8-11-22(16-21)43(7,40)36-28(39)41-29(4,5)6/h8,10-11,16-17H,9,12-15H2,1-7H3,(H,34,38)/t43-/m1/s1. The third kappa shape index (κ3) is 7.56. The number of ether oxygens (including phenoxy) is 1. The molecule has 13 heteroatoms. The number of aromatic nitrogens is 2. The number of carbonyl (C=O) groups is 2. The highest BCUT2D eigenvalue weighted by molar-refractivity contribution is 7.93. The fraction of sp³-hybridized carbons (Fsp3) is 0.467. The van der Waals surface area contributed by atoms with E-state index in [4.69, 9.17) is 9.26 Å². The van der Waals surface area contributed by atoms with Crippen LogP contribution in [0.25, 0.3) is 11.1 Å². The molecule has 2 amide bonds. The number of rotatable bonds is 5. The third-order valence-corrected chi connectivity index (χ3v) is 8.66. The van der Waals surface area contributed by atoms with E-state index in [0.717, 1.165) is 0 Å². The zero-order valence-electron chi connectivity index (χ0n) is 25.4. The molecular formula is C30H37F2N5O5S. The van der Waals surface area contributed by atoms with Crippen molar-refractivity contribution in [3.05, 3.63) is 53.0 Å². The number of anilines is 2. The summed E-state index contributed by atoms with van der Waals surface area (Å²) in [7, 11) is -3.21. The summed E-state index contributed by atoms with van der Waals surface area (Å²) in [6.45, 7) is 10.7. The summed E-state index contributed by atoms with van der Waals surface area (Å²) in [4.78, 5) is 32.8.